The second-order valence-corrected chi connectivity index (χ2v) is 6.02. The first-order valence-electron chi connectivity index (χ1n) is 8.52. The van der Waals surface area contributed by atoms with Gasteiger partial charge in [0.05, 0.1) is 19.3 Å². The van der Waals surface area contributed by atoms with Crippen LogP contribution in [0, 0.1) is 0 Å². The summed E-state index contributed by atoms with van der Waals surface area (Å²) >= 11 is 0. The second kappa shape index (κ2) is 9.65. The van der Waals surface area contributed by atoms with Crippen LogP contribution in [0.3, 0.4) is 0 Å². The largest absolute Gasteiger partial charge is 0.497 e. The van der Waals surface area contributed by atoms with Gasteiger partial charge in [0.1, 0.15) is 5.75 Å². The Balaban J connectivity index is 0.00000243. The molecule has 1 aliphatic rings. The number of nitrogens with zero attached hydrogens (tertiary/aromatic N) is 5. The molecule has 0 atom stereocenters. The molecule has 26 heavy (non-hydrogen) atoms. The molecule has 1 aliphatic heterocycles. The summed E-state index contributed by atoms with van der Waals surface area (Å²) in [5, 5.41) is 7.63. The minimum absolute atomic E-state index is 0. The maximum Gasteiger partial charge on any atom is 0.194 e. The molecule has 1 N–H and O–H groups in total. The van der Waals surface area contributed by atoms with Crippen LogP contribution in [0.2, 0.25) is 0 Å². The first kappa shape index (κ1) is 20.3. The van der Waals surface area contributed by atoms with Crippen LogP contribution >= 0.6 is 24.0 Å². The first-order valence-corrected chi connectivity index (χ1v) is 8.52. The normalized spacial score (nSPS) is 14.8. The summed E-state index contributed by atoms with van der Waals surface area (Å²) in [5.41, 5.74) is 2.37. The highest BCUT2D eigenvalue weighted by atomic mass is 127. The van der Waals surface area contributed by atoms with E-state index in [-0.39, 0.29) is 24.0 Å². The lowest BCUT2D eigenvalue weighted by Gasteiger charge is -2.37. The van der Waals surface area contributed by atoms with E-state index in [4.69, 9.17) is 4.74 Å². The predicted octanol–water partition coefficient (Wildman–Crippen LogP) is 1.94. The van der Waals surface area contributed by atoms with Gasteiger partial charge in [-0.2, -0.15) is 5.10 Å². The molecule has 1 fully saturated rings. The molecule has 0 spiro atoms. The lowest BCUT2D eigenvalue weighted by molar-refractivity contribution is 0.371. The molecular weight excluding hydrogens is 443 g/mol. The van der Waals surface area contributed by atoms with Crippen molar-refractivity contribution in [2.45, 2.75) is 6.54 Å². The average molecular weight is 470 g/mol. The van der Waals surface area contributed by atoms with Crippen LogP contribution in [0.1, 0.15) is 5.69 Å². The van der Waals surface area contributed by atoms with Crippen LogP contribution in [-0.4, -0.2) is 61.0 Å². The third-order valence-electron chi connectivity index (χ3n) is 4.58. The number of methoxy groups -OCH3 is 1. The number of rotatable bonds is 4. The van der Waals surface area contributed by atoms with E-state index in [9.17, 15) is 0 Å². The molecule has 0 amide bonds. The minimum atomic E-state index is 0. The molecule has 1 saturated heterocycles. The van der Waals surface area contributed by atoms with E-state index in [1.807, 2.05) is 43.2 Å². The number of anilines is 1. The monoisotopic (exact) mass is 470 g/mol. The van der Waals surface area contributed by atoms with Gasteiger partial charge in [0.15, 0.2) is 5.96 Å². The van der Waals surface area contributed by atoms with Crippen molar-refractivity contribution in [3.63, 3.8) is 0 Å². The van der Waals surface area contributed by atoms with E-state index in [0.717, 1.165) is 50.1 Å². The van der Waals surface area contributed by atoms with Gasteiger partial charge in [-0.05, 0) is 30.3 Å². The van der Waals surface area contributed by atoms with Crippen LogP contribution in [0.5, 0.6) is 5.75 Å². The summed E-state index contributed by atoms with van der Waals surface area (Å²) < 4.78 is 7.11. The quantitative estimate of drug-likeness (QED) is 0.421. The van der Waals surface area contributed by atoms with E-state index in [1.165, 1.54) is 5.69 Å². The number of aryl methyl sites for hydroxylation is 1. The van der Waals surface area contributed by atoms with Gasteiger partial charge in [0.2, 0.25) is 0 Å². The molecule has 2 heterocycles. The number of piperazine rings is 1. The molecule has 1 aromatic carbocycles. The van der Waals surface area contributed by atoms with Crippen molar-refractivity contribution in [1.29, 1.82) is 0 Å². The fourth-order valence-corrected chi connectivity index (χ4v) is 3.05. The number of halogens is 1. The third-order valence-corrected chi connectivity index (χ3v) is 4.58. The van der Waals surface area contributed by atoms with Crippen molar-refractivity contribution in [3.05, 3.63) is 42.2 Å². The lowest BCUT2D eigenvalue weighted by Crippen LogP contribution is -2.52. The van der Waals surface area contributed by atoms with Crippen molar-refractivity contribution in [2.24, 2.45) is 12.0 Å². The van der Waals surface area contributed by atoms with E-state index in [2.05, 4.69) is 37.3 Å². The summed E-state index contributed by atoms with van der Waals surface area (Å²) in [6.45, 7) is 4.55. The van der Waals surface area contributed by atoms with E-state index in [0.29, 0.717) is 0 Å². The molecule has 0 unspecified atom stereocenters. The lowest BCUT2D eigenvalue weighted by atomic mass is 10.2. The minimum Gasteiger partial charge on any atom is -0.497 e. The topological polar surface area (TPSA) is 57.9 Å². The number of aromatic nitrogens is 2. The van der Waals surface area contributed by atoms with Crippen LogP contribution in [0.25, 0.3) is 0 Å². The molecule has 1 aromatic heterocycles. The van der Waals surface area contributed by atoms with E-state index in [1.54, 1.807) is 7.11 Å². The number of nitrogens with one attached hydrogen (secondary N) is 1. The summed E-state index contributed by atoms with van der Waals surface area (Å²) in [7, 11) is 5.48. The summed E-state index contributed by atoms with van der Waals surface area (Å²) in [4.78, 5) is 9.12. The highest BCUT2D eigenvalue weighted by Gasteiger charge is 2.20. The van der Waals surface area contributed by atoms with Crippen molar-refractivity contribution in [2.75, 3.05) is 45.2 Å². The number of ether oxygens (including phenoxy) is 1. The predicted molar refractivity (Wildman–Crippen MR) is 116 cm³/mol. The van der Waals surface area contributed by atoms with Crippen LogP contribution in [-0.2, 0) is 13.6 Å². The number of guanidine groups is 1. The standard InChI is InChI=1S/C18H26N6O.HI/c1-19-18(20-14-16-8-9-21-22(16)2)24-12-10-23(11-13-24)15-4-6-17(25-3)7-5-15;/h4-9H,10-14H2,1-3H3,(H,19,20);1H. The van der Waals surface area contributed by atoms with E-state index < -0.39 is 0 Å². The van der Waals surface area contributed by atoms with E-state index >= 15 is 0 Å². The van der Waals surface area contributed by atoms with Gasteiger partial charge in [-0.25, -0.2) is 0 Å². The zero-order chi connectivity index (χ0) is 17.6. The second-order valence-electron chi connectivity index (χ2n) is 6.02. The molecule has 0 radical (unpaired) electrons. The Bertz CT molecular complexity index is 707. The summed E-state index contributed by atoms with van der Waals surface area (Å²) in [6, 6.07) is 10.3. The van der Waals surface area contributed by atoms with Gasteiger partial charge in [0, 0.05) is 52.2 Å². The zero-order valence-corrected chi connectivity index (χ0v) is 17.9. The van der Waals surface area contributed by atoms with Gasteiger partial charge in [-0.15, -0.1) is 24.0 Å². The molecular formula is C18H27IN6O. The Morgan fingerprint density at radius 1 is 1.15 bits per heavy atom. The summed E-state index contributed by atoms with van der Waals surface area (Å²) in [5.74, 6) is 1.83. The number of aliphatic imine (C=N–C) groups is 1. The number of benzene rings is 1. The molecule has 3 rings (SSSR count). The van der Waals surface area contributed by atoms with Crippen molar-refractivity contribution in [3.8, 4) is 5.75 Å². The first-order chi connectivity index (χ1) is 12.2. The zero-order valence-electron chi connectivity index (χ0n) is 15.6. The van der Waals surface area contributed by atoms with Gasteiger partial charge < -0.3 is 19.9 Å². The molecule has 0 bridgehead atoms. The highest BCUT2D eigenvalue weighted by molar-refractivity contribution is 14.0. The fraction of sp³-hybridized carbons (Fsp3) is 0.444. The van der Waals surface area contributed by atoms with Crippen molar-refractivity contribution < 1.29 is 4.74 Å². The van der Waals surface area contributed by atoms with Gasteiger partial charge in [0.25, 0.3) is 0 Å². The molecule has 2 aromatic rings. The van der Waals surface area contributed by atoms with Gasteiger partial charge >= 0.3 is 0 Å². The Hall–Kier alpha value is -1.97. The summed E-state index contributed by atoms with van der Waals surface area (Å²) in [6.07, 6.45) is 1.81. The average Bonchev–Trinajstić information content (AvgIpc) is 3.08. The smallest absolute Gasteiger partial charge is 0.194 e. The fourth-order valence-electron chi connectivity index (χ4n) is 3.05. The molecule has 0 aliphatic carbocycles. The molecule has 8 heteroatoms. The van der Waals surface area contributed by atoms with Crippen molar-refractivity contribution in [1.82, 2.24) is 20.0 Å². The highest BCUT2D eigenvalue weighted by Crippen LogP contribution is 2.20. The molecule has 0 saturated carbocycles. The van der Waals surface area contributed by atoms with Crippen LogP contribution in [0.4, 0.5) is 5.69 Å². The van der Waals surface area contributed by atoms with Crippen LogP contribution < -0.4 is 15.0 Å². The maximum absolute atomic E-state index is 5.23. The molecule has 7 nitrogen and oxygen atoms in total. The van der Waals surface area contributed by atoms with Crippen molar-refractivity contribution >= 4 is 35.6 Å². The molecule has 142 valence electrons. The Labute approximate surface area is 172 Å². The Morgan fingerprint density at radius 3 is 2.38 bits per heavy atom. The number of hydrogen-bond acceptors (Lipinski definition) is 4. The van der Waals surface area contributed by atoms with Gasteiger partial charge in [-0.3, -0.25) is 9.67 Å². The third kappa shape index (κ3) is 4.80. The Morgan fingerprint density at radius 2 is 1.85 bits per heavy atom. The van der Waals surface area contributed by atoms with Gasteiger partial charge in [-0.1, -0.05) is 0 Å². The maximum atomic E-state index is 5.23. The van der Waals surface area contributed by atoms with Crippen LogP contribution in [0.15, 0.2) is 41.5 Å². The SMILES string of the molecule is CN=C(NCc1ccnn1C)N1CCN(c2ccc(OC)cc2)CC1.I. The Kier molecular flexibility index (Phi) is 7.55. The number of hydrogen-bond donors (Lipinski definition) is 1.